The van der Waals surface area contributed by atoms with Crippen molar-refractivity contribution >= 4 is 17.7 Å². The van der Waals surface area contributed by atoms with Crippen LogP contribution in [0.5, 0.6) is 5.75 Å². The summed E-state index contributed by atoms with van der Waals surface area (Å²) in [5.41, 5.74) is 1.63. The largest absolute Gasteiger partial charge is 0.494 e. The molecule has 7 nitrogen and oxygen atoms in total. The van der Waals surface area contributed by atoms with Crippen LogP contribution in [0.2, 0.25) is 0 Å². The summed E-state index contributed by atoms with van der Waals surface area (Å²) >= 11 is 0. The van der Waals surface area contributed by atoms with Gasteiger partial charge in [0.2, 0.25) is 0 Å². The lowest BCUT2D eigenvalue weighted by atomic mass is 10.1. The van der Waals surface area contributed by atoms with Crippen molar-refractivity contribution in [2.75, 3.05) is 11.9 Å². The Balaban J connectivity index is 1.77. The number of benzene rings is 2. The zero-order chi connectivity index (χ0) is 23.8. The van der Waals surface area contributed by atoms with Crippen LogP contribution in [0.1, 0.15) is 37.4 Å². The first-order valence-corrected chi connectivity index (χ1v) is 11.0. The Morgan fingerprint density at radius 1 is 1.12 bits per heavy atom. The van der Waals surface area contributed by atoms with Gasteiger partial charge in [-0.3, -0.25) is 14.3 Å². The average molecular weight is 445 g/mol. The van der Waals surface area contributed by atoms with Gasteiger partial charge in [-0.05, 0) is 49.2 Å². The van der Waals surface area contributed by atoms with E-state index in [1.807, 2.05) is 48.5 Å². The molecule has 1 amide bonds. The zero-order valence-electron chi connectivity index (χ0n) is 19.2. The molecule has 0 spiro atoms. The number of carbonyl (C=O) groups is 1. The topological polar surface area (TPSA) is 89.0 Å². The molecule has 3 aromatic rings. The Hall–Kier alpha value is -4.05. The number of nitrogens with one attached hydrogen (secondary N) is 1. The molecule has 0 aliphatic rings. The highest BCUT2D eigenvalue weighted by Gasteiger charge is 2.19. The van der Waals surface area contributed by atoms with Gasteiger partial charge in [-0.2, -0.15) is 5.26 Å². The first-order chi connectivity index (χ1) is 16.0. The number of nitrogens with zero attached hydrogens (tertiary/aromatic N) is 3. The molecule has 0 saturated heterocycles. The second-order valence-corrected chi connectivity index (χ2v) is 7.69. The number of anilines is 1. The van der Waals surface area contributed by atoms with Crippen LogP contribution in [0.25, 0.3) is 11.8 Å². The van der Waals surface area contributed by atoms with Crippen LogP contribution in [-0.4, -0.2) is 21.9 Å². The minimum Gasteiger partial charge on any atom is -0.494 e. The molecule has 0 saturated carbocycles. The molecule has 3 rings (SSSR count). The molecule has 0 fully saturated rings. The van der Waals surface area contributed by atoms with Crippen LogP contribution in [0.3, 0.4) is 0 Å². The molecule has 2 aromatic carbocycles. The second kappa shape index (κ2) is 11.0. The third-order valence-corrected chi connectivity index (χ3v) is 5.37. The van der Waals surface area contributed by atoms with Gasteiger partial charge in [0.15, 0.2) is 0 Å². The van der Waals surface area contributed by atoms with E-state index in [9.17, 15) is 14.9 Å². The summed E-state index contributed by atoms with van der Waals surface area (Å²) in [4.78, 5) is 25.8. The summed E-state index contributed by atoms with van der Waals surface area (Å²) in [6.07, 6.45) is 4.75. The Morgan fingerprint density at radius 3 is 2.45 bits per heavy atom. The van der Waals surface area contributed by atoms with E-state index in [0.29, 0.717) is 23.6 Å². The predicted octanol–water partition coefficient (Wildman–Crippen LogP) is 4.60. The molecule has 0 unspecified atom stereocenters. The van der Waals surface area contributed by atoms with Gasteiger partial charge in [-0.25, -0.2) is 4.68 Å². The van der Waals surface area contributed by atoms with Gasteiger partial charge in [0.25, 0.3) is 11.5 Å². The number of aromatic nitrogens is 2. The predicted molar refractivity (Wildman–Crippen MR) is 129 cm³/mol. The maximum Gasteiger partial charge on any atom is 0.295 e. The smallest absolute Gasteiger partial charge is 0.295 e. The maximum absolute atomic E-state index is 13.0. The molecule has 0 aliphatic carbocycles. The monoisotopic (exact) mass is 444 g/mol. The van der Waals surface area contributed by atoms with Crippen molar-refractivity contribution in [3.05, 3.63) is 81.8 Å². The zero-order valence-corrected chi connectivity index (χ0v) is 19.2. The van der Waals surface area contributed by atoms with Gasteiger partial charge >= 0.3 is 0 Å². The van der Waals surface area contributed by atoms with E-state index in [0.717, 1.165) is 25.0 Å². The lowest BCUT2D eigenvalue weighted by molar-refractivity contribution is -0.112. The van der Waals surface area contributed by atoms with Crippen LogP contribution in [0.4, 0.5) is 5.69 Å². The van der Waals surface area contributed by atoms with Crippen LogP contribution < -0.4 is 15.6 Å². The summed E-state index contributed by atoms with van der Waals surface area (Å²) in [7, 11) is 1.74. The lowest BCUT2D eigenvalue weighted by Crippen LogP contribution is -2.23. The van der Waals surface area contributed by atoms with Crippen molar-refractivity contribution in [2.24, 2.45) is 7.05 Å². The van der Waals surface area contributed by atoms with Crippen molar-refractivity contribution in [2.45, 2.75) is 33.1 Å². The van der Waals surface area contributed by atoms with E-state index >= 15 is 0 Å². The number of carbonyl (C=O) groups excluding carboxylic acids is 1. The van der Waals surface area contributed by atoms with E-state index in [4.69, 9.17) is 4.74 Å². The van der Waals surface area contributed by atoms with Crippen LogP contribution in [-0.2, 0) is 11.8 Å². The molecule has 0 bridgehead atoms. The van der Waals surface area contributed by atoms with Gasteiger partial charge in [0.05, 0.1) is 18.0 Å². The van der Waals surface area contributed by atoms with Crippen molar-refractivity contribution < 1.29 is 9.53 Å². The van der Waals surface area contributed by atoms with E-state index in [1.165, 1.54) is 10.8 Å². The molecular weight excluding hydrogens is 416 g/mol. The normalized spacial score (nSPS) is 11.2. The summed E-state index contributed by atoms with van der Waals surface area (Å²) in [6.45, 7) is 4.54. The van der Waals surface area contributed by atoms with E-state index < -0.39 is 5.91 Å². The molecule has 0 atom stereocenters. The number of amides is 1. The quantitative estimate of drug-likeness (QED) is 0.297. The Morgan fingerprint density at radius 2 is 1.82 bits per heavy atom. The minimum atomic E-state index is -0.636. The van der Waals surface area contributed by atoms with Gasteiger partial charge in [0, 0.05) is 7.05 Å². The SMILES string of the molecule is CCCCCOc1ccc(/C=C(\C#N)C(=O)Nc2c(C)n(C)n(-c3ccccc3)c2=O)cc1. The Bertz CT molecular complexity index is 1230. The van der Waals surface area contributed by atoms with Crippen molar-refractivity contribution in [3.63, 3.8) is 0 Å². The van der Waals surface area contributed by atoms with Crippen molar-refractivity contribution in [1.29, 1.82) is 5.26 Å². The highest BCUT2D eigenvalue weighted by molar-refractivity contribution is 6.09. The van der Waals surface area contributed by atoms with Crippen LogP contribution in [0.15, 0.2) is 65.0 Å². The number of rotatable bonds is 9. The van der Waals surface area contributed by atoms with Crippen LogP contribution in [0, 0.1) is 18.3 Å². The molecule has 1 heterocycles. The average Bonchev–Trinajstić information content (AvgIpc) is 3.04. The Kier molecular flexibility index (Phi) is 7.87. The highest BCUT2D eigenvalue weighted by atomic mass is 16.5. The molecule has 1 aromatic heterocycles. The third kappa shape index (κ3) is 5.60. The number of hydrogen-bond donors (Lipinski definition) is 1. The van der Waals surface area contributed by atoms with Crippen molar-refractivity contribution in [3.8, 4) is 17.5 Å². The summed E-state index contributed by atoms with van der Waals surface area (Å²) < 4.78 is 8.83. The fourth-order valence-electron chi connectivity index (χ4n) is 3.41. The third-order valence-electron chi connectivity index (χ3n) is 5.37. The fraction of sp³-hybridized carbons (Fsp3) is 0.269. The summed E-state index contributed by atoms with van der Waals surface area (Å²) in [6, 6.07) is 18.3. The molecule has 33 heavy (non-hydrogen) atoms. The summed E-state index contributed by atoms with van der Waals surface area (Å²) in [5.74, 6) is 0.107. The van der Waals surface area contributed by atoms with E-state index in [2.05, 4.69) is 12.2 Å². The molecular formula is C26H28N4O3. The van der Waals surface area contributed by atoms with E-state index in [-0.39, 0.29) is 16.8 Å². The lowest BCUT2D eigenvalue weighted by Gasteiger charge is -2.07. The molecule has 0 aliphatic heterocycles. The summed E-state index contributed by atoms with van der Waals surface area (Å²) in [5, 5.41) is 12.2. The number of hydrogen-bond acceptors (Lipinski definition) is 4. The number of nitriles is 1. The highest BCUT2D eigenvalue weighted by Crippen LogP contribution is 2.17. The van der Waals surface area contributed by atoms with Gasteiger partial charge in [-0.1, -0.05) is 50.1 Å². The molecule has 0 radical (unpaired) electrons. The fourth-order valence-corrected chi connectivity index (χ4v) is 3.41. The minimum absolute atomic E-state index is 0.0967. The van der Waals surface area contributed by atoms with Gasteiger partial charge in [0.1, 0.15) is 23.1 Å². The molecule has 1 N–H and O–H groups in total. The maximum atomic E-state index is 13.0. The number of ether oxygens (including phenoxy) is 1. The Labute approximate surface area is 193 Å². The molecule has 7 heteroatoms. The number of unbranched alkanes of at least 4 members (excludes halogenated alkanes) is 2. The van der Waals surface area contributed by atoms with Gasteiger partial charge in [-0.15, -0.1) is 0 Å². The molecule has 170 valence electrons. The first-order valence-electron chi connectivity index (χ1n) is 11.0. The van der Waals surface area contributed by atoms with E-state index in [1.54, 1.807) is 30.8 Å². The number of para-hydroxylation sites is 1. The standard InChI is InChI=1S/C26H28N4O3/c1-4-5-9-16-33-23-14-12-20(13-15-23)17-21(18-27)25(31)28-24-19(2)29(3)30(26(24)32)22-10-7-6-8-11-22/h6-8,10-15,17H,4-5,9,16H2,1-3H3,(H,28,31)/b21-17+. The van der Waals surface area contributed by atoms with Crippen molar-refractivity contribution in [1.82, 2.24) is 9.36 Å². The second-order valence-electron chi connectivity index (χ2n) is 7.69. The van der Waals surface area contributed by atoms with Crippen LogP contribution >= 0.6 is 0 Å². The first kappa shape index (κ1) is 23.6. The van der Waals surface area contributed by atoms with Gasteiger partial charge < -0.3 is 10.1 Å².